The predicted octanol–water partition coefficient (Wildman–Crippen LogP) is 3.67. The summed E-state index contributed by atoms with van der Waals surface area (Å²) in [5.74, 6) is 0.115. The Kier molecular flexibility index (Phi) is 4.69. The van der Waals surface area contributed by atoms with Gasteiger partial charge in [-0.15, -0.1) is 0 Å². The molecule has 2 heterocycles. The molecule has 5 heteroatoms. The van der Waals surface area contributed by atoms with Gasteiger partial charge >= 0.3 is 0 Å². The van der Waals surface area contributed by atoms with Gasteiger partial charge in [0.25, 0.3) is 0 Å². The lowest BCUT2D eigenvalue weighted by molar-refractivity contribution is -0.121. The van der Waals surface area contributed by atoms with Gasteiger partial charge in [-0.2, -0.15) is 5.10 Å². The second kappa shape index (κ2) is 7.04. The molecule has 4 rings (SSSR count). The van der Waals surface area contributed by atoms with Crippen molar-refractivity contribution in [3.63, 3.8) is 0 Å². The van der Waals surface area contributed by atoms with Gasteiger partial charge in [0.15, 0.2) is 5.65 Å². The molecule has 3 aromatic rings. The highest BCUT2D eigenvalue weighted by molar-refractivity contribution is 5.84. The zero-order valence-electron chi connectivity index (χ0n) is 17.2. The van der Waals surface area contributed by atoms with E-state index < -0.39 is 0 Å². The van der Waals surface area contributed by atoms with Crippen molar-refractivity contribution in [2.75, 3.05) is 6.54 Å². The maximum absolute atomic E-state index is 12.5. The van der Waals surface area contributed by atoms with Crippen LogP contribution in [-0.4, -0.2) is 27.2 Å². The van der Waals surface area contributed by atoms with E-state index >= 15 is 0 Å². The van der Waals surface area contributed by atoms with Crippen molar-refractivity contribution in [3.8, 4) is 0 Å². The first-order valence-electron chi connectivity index (χ1n) is 10.0. The molecule has 0 saturated heterocycles. The van der Waals surface area contributed by atoms with Crippen LogP contribution in [0.25, 0.3) is 11.0 Å². The number of hydrogen-bond donors (Lipinski definition) is 1. The standard InChI is InChI=1S/C23H28N4O/c1-15-19(16(2)25-22-21(15)17(3)26-27(22)4)10-11-20(28)24-14-23(12-13-23)18-8-6-5-7-9-18/h5-9H,10-14H2,1-4H3,(H,24,28). The number of amides is 1. The summed E-state index contributed by atoms with van der Waals surface area (Å²) in [6.07, 6.45) is 3.49. The highest BCUT2D eigenvalue weighted by atomic mass is 16.1. The van der Waals surface area contributed by atoms with Gasteiger partial charge in [-0.1, -0.05) is 30.3 Å². The second-order valence-corrected chi connectivity index (χ2v) is 8.13. The third-order valence-corrected chi connectivity index (χ3v) is 6.20. The molecule has 5 nitrogen and oxygen atoms in total. The minimum atomic E-state index is 0.115. The first kappa shape index (κ1) is 18.7. The molecule has 146 valence electrons. The lowest BCUT2D eigenvalue weighted by atomic mass is 9.95. The number of benzene rings is 1. The third kappa shape index (κ3) is 3.30. The molecule has 1 fully saturated rings. The van der Waals surface area contributed by atoms with Crippen molar-refractivity contribution in [2.45, 2.75) is 51.9 Å². The molecule has 0 bridgehead atoms. The molecule has 28 heavy (non-hydrogen) atoms. The molecular formula is C23H28N4O. The number of nitrogens with one attached hydrogen (secondary N) is 1. The zero-order valence-corrected chi connectivity index (χ0v) is 17.2. The molecule has 0 radical (unpaired) electrons. The van der Waals surface area contributed by atoms with Crippen LogP contribution in [0.1, 0.15) is 47.3 Å². The van der Waals surface area contributed by atoms with E-state index in [2.05, 4.69) is 41.6 Å². The number of nitrogens with zero attached hydrogens (tertiary/aromatic N) is 3. The van der Waals surface area contributed by atoms with E-state index in [4.69, 9.17) is 4.98 Å². The van der Waals surface area contributed by atoms with Gasteiger partial charge in [0.05, 0.1) is 5.69 Å². The Morgan fingerprint density at radius 3 is 2.54 bits per heavy atom. The molecule has 0 atom stereocenters. The van der Waals surface area contributed by atoms with Crippen LogP contribution < -0.4 is 5.32 Å². The number of aromatic nitrogens is 3. The molecule has 0 aliphatic heterocycles. The summed E-state index contributed by atoms with van der Waals surface area (Å²) >= 11 is 0. The molecule has 2 aromatic heterocycles. The van der Waals surface area contributed by atoms with Crippen molar-refractivity contribution >= 4 is 16.9 Å². The van der Waals surface area contributed by atoms with E-state index in [1.807, 2.05) is 31.6 Å². The SMILES string of the molecule is Cc1nc2c(c(C)nn2C)c(C)c1CCC(=O)NCC1(c2ccccc2)CC1. The Morgan fingerprint density at radius 2 is 1.86 bits per heavy atom. The second-order valence-electron chi connectivity index (χ2n) is 8.13. The van der Waals surface area contributed by atoms with E-state index in [0.717, 1.165) is 41.8 Å². The van der Waals surface area contributed by atoms with Crippen LogP contribution in [-0.2, 0) is 23.7 Å². The Balaban J connectivity index is 1.42. The van der Waals surface area contributed by atoms with Crippen LogP contribution in [0.2, 0.25) is 0 Å². The van der Waals surface area contributed by atoms with Crippen LogP contribution >= 0.6 is 0 Å². The van der Waals surface area contributed by atoms with E-state index in [-0.39, 0.29) is 11.3 Å². The van der Waals surface area contributed by atoms with Gasteiger partial charge in [-0.3, -0.25) is 9.48 Å². The summed E-state index contributed by atoms with van der Waals surface area (Å²) < 4.78 is 1.83. The monoisotopic (exact) mass is 376 g/mol. The molecule has 1 aliphatic carbocycles. The molecular weight excluding hydrogens is 348 g/mol. The lowest BCUT2D eigenvalue weighted by Gasteiger charge is -2.17. The quantitative estimate of drug-likeness (QED) is 0.714. The van der Waals surface area contributed by atoms with Gasteiger partial charge < -0.3 is 5.32 Å². The Hall–Kier alpha value is -2.69. The van der Waals surface area contributed by atoms with Crippen LogP contribution in [0.4, 0.5) is 0 Å². The summed E-state index contributed by atoms with van der Waals surface area (Å²) in [6.45, 7) is 6.89. The number of fused-ring (bicyclic) bond motifs is 1. The highest BCUT2D eigenvalue weighted by Crippen LogP contribution is 2.47. The van der Waals surface area contributed by atoms with E-state index in [1.165, 1.54) is 16.7 Å². The summed E-state index contributed by atoms with van der Waals surface area (Å²) in [6, 6.07) is 10.5. The summed E-state index contributed by atoms with van der Waals surface area (Å²) in [7, 11) is 1.93. The molecule has 1 amide bonds. The summed E-state index contributed by atoms with van der Waals surface area (Å²) in [5.41, 5.74) is 6.75. The average Bonchev–Trinajstić information content (AvgIpc) is 3.41. The highest BCUT2D eigenvalue weighted by Gasteiger charge is 2.44. The van der Waals surface area contributed by atoms with Crippen LogP contribution in [0.3, 0.4) is 0 Å². The Morgan fingerprint density at radius 1 is 1.14 bits per heavy atom. The Labute approximate surface area is 166 Å². The number of hydrogen-bond acceptors (Lipinski definition) is 3. The first-order valence-corrected chi connectivity index (χ1v) is 10.0. The maximum Gasteiger partial charge on any atom is 0.220 e. The van der Waals surface area contributed by atoms with Crippen molar-refractivity contribution in [2.24, 2.45) is 7.05 Å². The zero-order chi connectivity index (χ0) is 19.9. The van der Waals surface area contributed by atoms with Gasteiger partial charge in [0.2, 0.25) is 5.91 Å². The molecule has 0 spiro atoms. The molecule has 0 unspecified atom stereocenters. The number of carbonyl (C=O) groups is 1. The van der Waals surface area contributed by atoms with E-state index in [9.17, 15) is 4.79 Å². The van der Waals surface area contributed by atoms with Gasteiger partial charge in [-0.25, -0.2) is 4.98 Å². The van der Waals surface area contributed by atoms with Gasteiger partial charge in [0, 0.05) is 36.5 Å². The fourth-order valence-electron chi connectivity index (χ4n) is 4.34. The molecule has 1 N–H and O–H groups in total. The van der Waals surface area contributed by atoms with Crippen molar-refractivity contribution in [3.05, 3.63) is 58.4 Å². The van der Waals surface area contributed by atoms with Gasteiger partial charge in [0.1, 0.15) is 0 Å². The number of pyridine rings is 1. The Bertz CT molecular complexity index is 1030. The van der Waals surface area contributed by atoms with Crippen LogP contribution in [0.5, 0.6) is 0 Å². The number of rotatable bonds is 6. The fourth-order valence-corrected chi connectivity index (χ4v) is 4.34. The molecule has 1 aliphatic rings. The number of aryl methyl sites for hydroxylation is 4. The largest absolute Gasteiger partial charge is 0.355 e. The number of carbonyl (C=O) groups excluding carboxylic acids is 1. The minimum Gasteiger partial charge on any atom is -0.355 e. The first-order chi connectivity index (χ1) is 13.4. The summed E-state index contributed by atoms with van der Waals surface area (Å²) in [4.78, 5) is 17.3. The lowest BCUT2D eigenvalue weighted by Crippen LogP contribution is -2.32. The normalized spacial score (nSPS) is 15.0. The van der Waals surface area contributed by atoms with E-state index in [1.54, 1.807) is 0 Å². The molecule has 1 saturated carbocycles. The van der Waals surface area contributed by atoms with E-state index in [0.29, 0.717) is 12.8 Å². The van der Waals surface area contributed by atoms with Crippen molar-refractivity contribution in [1.82, 2.24) is 20.1 Å². The smallest absolute Gasteiger partial charge is 0.220 e. The minimum absolute atomic E-state index is 0.115. The predicted molar refractivity (Wildman–Crippen MR) is 111 cm³/mol. The fraction of sp³-hybridized carbons (Fsp3) is 0.435. The van der Waals surface area contributed by atoms with Crippen molar-refractivity contribution < 1.29 is 4.79 Å². The molecule has 1 aromatic carbocycles. The van der Waals surface area contributed by atoms with Crippen LogP contribution in [0, 0.1) is 20.8 Å². The topological polar surface area (TPSA) is 59.8 Å². The van der Waals surface area contributed by atoms with Gasteiger partial charge in [-0.05, 0) is 56.7 Å². The van der Waals surface area contributed by atoms with Crippen molar-refractivity contribution in [1.29, 1.82) is 0 Å². The van der Waals surface area contributed by atoms with Crippen LogP contribution in [0.15, 0.2) is 30.3 Å². The third-order valence-electron chi connectivity index (χ3n) is 6.20. The summed E-state index contributed by atoms with van der Waals surface area (Å²) in [5, 5.41) is 8.78. The average molecular weight is 377 g/mol. The maximum atomic E-state index is 12.5.